The number of aliphatic imine (C=N–C) groups is 1. The first-order chi connectivity index (χ1) is 8.12. The highest BCUT2D eigenvalue weighted by Crippen LogP contribution is 2.24. The van der Waals surface area contributed by atoms with Gasteiger partial charge in [0.1, 0.15) is 0 Å². The van der Waals surface area contributed by atoms with Gasteiger partial charge in [0.05, 0.1) is 17.5 Å². The first-order valence-electron chi connectivity index (χ1n) is 6.28. The van der Waals surface area contributed by atoms with Gasteiger partial charge in [0.2, 0.25) is 0 Å². The van der Waals surface area contributed by atoms with E-state index < -0.39 is 9.84 Å². The maximum absolute atomic E-state index is 11.6. The summed E-state index contributed by atoms with van der Waals surface area (Å²) in [4.78, 5) is 4.42. The summed E-state index contributed by atoms with van der Waals surface area (Å²) in [6, 6.07) is 0. The van der Waals surface area contributed by atoms with E-state index in [9.17, 15) is 8.42 Å². The van der Waals surface area contributed by atoms with Crippen molar-refractivity contribution in [3.63, 3.8) is 0 Å². The summed E-state index contributed by atoms with van der Waals surface area (Å²) in [7, 11) is -2.83. The van der Waals surface area contributed by atoms with Gasteiger partial charge in [-0.15, -0.1) is 0 Å². The lowest BCUT2D eigenvalue weighted by Crippen LogP contribution is -2.32. The zero-order chi connectivity index (χ0) is 12.3. The molecule has 0 aromatic carbocycles. The van der Waals surface area contributed by atoms with Crippen molar-refractivity contribution in [1.29, 1.82) is 0 Å². The number of sulfone groups is 1. The van der Waals surface area contributed by atoms with E-state index in [1.54, 1.807) is 11.8 Å². The Hall–Kier alpha value is -0.230. The third kappa shape index (κ3) is 3.37. The molecule has 6 heteroatoms. The number of rotatable bonds is 4. The maximum Gasteiger partial charge on any atom is 0.156 e. The second-order valence-corrected chi connectivity index (χ2v) is 8.38. The molecule has 1 fully saturated rings. The number of thioether (sulfide) groups is 1. The van der Waals surface area contributed by atoms with E-state index in [0.29, 0.717) is 17.5 Å². The van der Waals surface area contributed by atoms with Crippen LogP contribution in [0.4, 0.5) is 0 Å². The number of hydrogen-bond acceptors (Lipinski definition) is 5. The Balaban J connectivity index is 1.76. The van der Waals surface area contributed by atoms with Crippen LogP contribution in [0.2, 0.25) is 0 Å². The van der Waals surface area contributed by atoms with Crippen LogP contribution in [0.1, 0.15) is 32.6 Å². The maximum atomic E-state index is 11.6. The van der Waals surface area contributed by atoms with Crippen LogP contribution in [0.3, 0.4) is 0 Å². The first-order valence-corrected chi connectivity index (χ1v) is 8.88. The Morgan fingerprint density at radius 1 is 1.53 bits per heavy atom. The molecule has 0 amide bonds. The molecule has 0 aromatic rings. The predicted octanol–water partition coefficient (Wildman–Crippen LogP) is 1.42. The Kier molecular flexibility index (Phi) is 4.36. The van der Waals surface area contributed by atoms with E-state index in [-0.39, 0.29) is 5.25 Å². The van der Waals surface area contributed by atoms with Gasteiger partial charge in [-0.05, 0) is 19.3 Å². The van der Waals surface area contributed by atoms with Gasteiger partial charge in [0.15, 0.2) is 15.0 Å². The van der Waals surface area contributed by atoms with Gasteiger partial charge in [-0.1, -0.05) is 25.1 Å². The minimum atomic E-state index is -2.83. The second kappa shape index (κ2) is 5.61. The molecule has 0 bridgehead atoms. The van der Waals surface area contributed by atoms with Crippen LogP contribution in [-0.4, -0.2) is 42.9 Å². The van der Waals surface area contributed by atoms with Gasteiger partial charge in [-0.2, -0.15) is 0 Å². The van der Waals surface area contributed by atoms with E-state index in [4.69, 9.17) is 0 Å². The van der Waals surface area contributed by atoms with Crippen molar-refractivity contribution in [2.45, 2.75) is 43.1 Å². The normalized spacial score (nSPS) is 31.5. The molecule has 2 aliphatic rings. The SMILES string of the molecule is CCCC1CN=C(NCC2CCCS2(=O)=O)S1. The lowest BCUT2D eigenvalue weighted by molar-refractivity contribution is 0.587. The minimum Gasteiger partial charge on any atom is -0.364 e. The molecular weight excluding hydrogens is 256 g/mol. The third-order valence-corrected chi connectivity index (χ3v) is 6.76. The highest BCUT2D eigenvalue weighted by molar-refractivity contribution is 8.14. The number of amidine groups is 1. The lowest BCUT2D eigenvalue weighted by atomic mass is 10.2. The quantitative estimate of drug-likeness (QED) is 0.844. The number of nitrogens with one attached hydrogen (secondary N) is 1. The zero-order valence-electron chi connectivity index (χ0n) is 10.2. The molecule has 0 aliphatic carbocycles. The van der Waals surface area contributed by atoms with E-state index in [1.165, 1.54) is 12.8 Å². The van der Waals surface area contributed by atoms with Crippen molar-refractivity contribution in [1.82, 2.24) is 5.32 Å². The molecule has 1 saturated heterocycles. The van der Waals surface area contributed by atoms with Gasteiger partial charge in [0.25, 0.3) is 0 Å². The van der Waals surface area contributed by atoms with E-state index >= 15 is 0 Å². The topological polar surface area (TPSA) is 58.5 Å². The summed E-state index contributed by atoms with van der Waals surface area (Å²) in [6.45, 7) is 3.59. The first kappa shape index (κ1) is 13.2. The fourth-order valence-electron chi connectivity index (χ4n) is 2.28. The summed E-state index contributed by atoms with van der Waals surface area (Å²) in [5.74, 6) is 0.359. The van der Waals surface area contributed by atoms with Crippen LogP contribution >= 0.6 is 11.8 Å². The number of hydrogen-bond donors (Lipinski definition) is 1. The van der Waals surface area contributed by atoms with Crippen molar-refractivity contribution < 1.29 is 8.42 Å². The van der Waals surface area contributed by atoms with Crippen LogP contribution in [0.15, 0.2) is 4.99 Å². The fraction of sp³-hybridized carbons (Fsp3) is 0.909. The fourth-order valence-corrected chi connectivity index (χ4v) is 5.17. The van der Waals surface area contributed by atoms with Crippen LogP contribution < -0.4 is 5.32 Å². The molecule has 2 heterocycles. The highest BCUT2D eigenvalue weighted by atomic mass is 32.2. The predicted molar refractivity (Wildman–Crippen MR) is 73.4 cm³/mol. The summed E-state index contributed by atoms with van der Waals surface area (Å²) in [6.07, 6.45) is 3.97. The largest absolute Gasteiger partial charge is 0.364 e. The molecule has 0 spiro atoms. The van der Waals surface area contributed by atoms with Crippen LogP contribution in [0, 0.1) is 0 Å². The molecular formula is C11H20N2O2S2. The Bertz CT molecular complexity index is 392. The van der Waals surface area contributed by atoms with Gasteiger partial charge in [-0.3, -0.25) is 4.99 Å². The number of nitrogens with zero attached hydrogens (tertiary/aromatic N) is 1. The van der Waals surface area contributed by atoms with E-state index in [0.717, 1.165) is 24.6 Å². The summed E-state index contributed by atoms with van der Waals surface area (Å²) < 4.78 is 23.3. The van der Waals surface area contributed by atoms with Gasteiger partial charge in [-0.25, -0.2) is 8.42 Å². The molecule has 2 unspecified atom stereocenters. The molecule has 0 saturated carbocycles. The van der Waals surface area contributed by atoms with Crippen molar-refractivity contribution in [3.8, 4) is 0 Å². The van der Waals surface area contributed by atoms with E-state index in [2.05, 4.69) is 17.2 Å². The summed E-state index contributed by atoms with van der Waals surface area (Å²) in [5.41, 5.74) is 0. The van der Waals surface area contributed by atoms with Gasteiger partial charge in [0, 0.05) is 11.8 Å². The van der Waals surface area contributed by atoms with Crippen LogP contribution in [0.5, 0.6) is 0 Å². The Morgan fingerprint density at radius 2 is 2.35 bits per heavy atom. The van der Waals surface area contributed by atoms with Crippen LogP contribution in [0.25, 0.3) is 0 Å². The average Bonchev–Trinajstić information content (AvgIpc) is 2.83. The third-order valence-electron chi connectivity index (χ3n) is 3.27. The van der Waals surface area contributed by atoms with E-state index in [1.807, 2.05) is 0 Å². The molecule has 2 aliphatic heterocycles. The molecule has 98 valence electrons. The highest BCUT2D eigenvalue weighted by Gasteiger charge is 2.31. The Labute approximate surface area is 108 Å². The van der Waals surface area contributed by atoms with Crippen molar-refractivity contribution in [2.75, 3.05) is 18.8 Å². The molecule has 2 atom stereocenters. The molecule has 1 N–H and O–H groups in total. The smallest absolute Gasteiger partial charge is 0.156 e. The minimum absolute atomic E-state index is 0.198. The second-order valence-electron chi connectivity index (χ2n) is 4.69. The lowest BCUT2D eigenvalue weighted by Gasteiger charge is -2.12. The summed E-state index contributed by atoms with van der Waals surface area (Å²) in [5, 5.41) is 4.52. The Morgan fingerprint density at radius 3 is 3.00 bits per heavy atom. The van der Waals surface area contributed by atoms with Crippen molar-refractivity contribution in [2.24, 2.45) is 4.99 Å². The summed E-state index contributed by atoms with van der Waals surface area (Å²) >= 11 is 1.76. The van der Waals surface area contributed by atoms with Gasteiger partial charge < -0.3 is 5.32 Å². The van der Waals surface area contributed by atoms with Crippen molar-refractivity contribution >= 4 is 26.8 Å². The van der Waals surface area contributed by atoms with Crippen molar-refractivity contribution in [3.05, 3.63) is 0 Å². The zero-order valence-corrected chi connectivity index (χ0v) is 11.8. The average molecular weight is 276 g/mol. The monoisotopic (exact) mass is 276 g/mol. The molecule has 0 aromatic heterocycles. The molecule has 17 heavy (non-hydrogen) atoms. The standard InChI is InChI=1S/C11H20N2O2S2/c1-2-4-9-7-12-11(16-9)13-8-10-5-3-6-17(10,14)15/h9-10H,2-8H2,1H3,(H,12,13). The van der Waals surface area contributed by atoms with Crippen LogP contribution in [-0.2, 0) is 9.84 Å². The van der Waals surface area contributed by atoms with Gasteiger partial charge >= 0.3 is 0 Å². The molecule has 2 rings (SSSR count). The molecule has 4 nitrogen and oxygen atoms in total. The molecule has 0 radical (unpaired) electrons.